The molecule has 0 radical (unpaired) electrons. The van der Waals surface area contributed by atoms with Crippen LogP contribution >= 0.6 is 15.9 Å². The van der Waals surface area contributed by atoms with Crippen LogP contribution in [0.1, 0.15) is 84.2 Å². The van der Waals surface area contributed by atoms with E-state index in [1.165, 1.54) is 4.90 Å². The Hall–Kier alpha value is -2.86. The Balaban J connectivity index is 1.79. The number of halogens is 1. The summed E-state index contributed by atoms with van der Waals surface area (Å²) in [7, 11) is 0. The molecule has 1 aromatic carbocycles. The number of esters is 1. The number of benzene rings is 1. The van der Waals surface area contributed by atoms with E-state index in [0.717, 1.165) is 0 Å². The van der Waals surface area contributed by atoms with E-state index in [4.69, 9.17) is 19.9 Å². The fourth-order valence-electron chi connectivity index (χ4n) is 5.06. The SMILES string of the molecule is CC1NCCN(C(=O)OC(C)(C)C)C[C@@]1(C)COc1c(Br)ccc2c1CN(C(CCC(=O)OC(C)(C)C)C(N)=O)C2=O. The highest BCUT2D eigenvalue weighted by Crippen LogP contribution is 2.39. The van der Waals surface area contributed by atoms with Gasteiger partial charge in [-0.15, -0.1) is 0 Å². The van der Waals surface area contributed by atoms with Gasteiger partial charge in [0.15, 0.2) is 0 Å². The quantitative estimate of drug-likeness (QED) is 0.402. The number of hydrogen-bond donors (Lipinski definition) is 2. The van der Waals surface area contributed by atoms with Crippen LogP contribution in [0.2, 0.25) is 0 Å². The molecule has 11 nitrogen and oxygen atoms in total. The Kier molecular flexibility index (Phi) is 10.2. The normalized spacial score (nSPS) is 21.8. The molecule has 2 heterocycles. The second kappa shape index (κ2) is 12.8. The third-order valence-electron chi connectivity index (χ3n) is 7.41. The molecule has 1 saturated heterocycles. The average molecular weight is 654 g/mol. The molecule has 42 heavy (non-hydrogen) atoms. The summed E-state index contributed by atoms with van der Waals surface area (Å²) in [5, 5.41) is 3.47. The Bertz CT molecular complexity index is 1210. The van der Waals surface area contributed by atoms with E-state index in [0.29, 0.717) is 41.0 Å². The van der Waals surface area contributed by atoms with Crippen LogP contribution in [0.25, 0.3) is 0 Å². The number of carbonyl (C=O) groups excluding carboxylic acids is 4. The highest BCUT2D eigenvalue weighted by Gasteiger charge is 2.41. The fourth-order valence-corrected chi connectivity index (χ4v) is 5.55. The average Bonchev–Trinajstić information content (AvgIpc) is 3.07. The minimum Gasteiger partial charge on any atom is -0.491 e. The topological polar surface area (TPSA) is 140 Å². The standard InChI is InChI=1S/C30H45BrN4O7/c1-18-30(8,16-34(14-13-33-18)27(39)42-29(5,6)7)17-40-24-20-15-35(26(38)19(20)9-10-21(24)31)22(25(32)37)11-12-23(36)41-28(2,3)4/h9-10,18,22,33H,11-17H2,1-8H3,(H2,32,37)/t18?,22?,30-/m0/s1. The van der Waals surface area contributed by atoms with Gasteiger partial charge < -0.3 is 35.1 Å². The first-order valence-electron chi connectivity index (χ1n) is 14.3. The molecule has 0 spiro atoms. The summed E-state index contributed by atoms with van der Waals surface area (Å²) in [6.07, 6.45) is -0.394. The molecular formula is C30H45BrN4O7. The van der Waals surface area contributed by atoms with Crippen molar-refractivity contribution in [2.24, 2.45) is 11.1 Å². The Morgan fingerprint density at radius 2 is 1.79 bits per heavy atom. The number of amides is 3. The van der Waals surface area contributed by atoms with Gasteiger partial charge in [0, 0.05) is 48.6 Å². The van der Waals surface area contributed by atoms with Crippen LogP contribution in [0.15, 0.2) is 16.6 Å². The van der Waals surface area contributed by atoms with Crippen LogP contribution in [-0.2, 0) is 25.6 Å². The van der Waals surface area contributed by atoms with E-state index >= 15 is 0 Å². The minimum absolute atomic E-state index is 0.00528. The van der Waals surface area contributed by atoms with Gasteiger partial charge in [0.25, 0.3) is 5.91 Å². The summed E-state index contributed by atoms with van der Waals surface area (Å²) in [6.45, 7) is 16.7. The van der Waals surface area contributed by atoms with Crippen molar-refractivity contribution >= 4 is 39.8 Å². The summed E-state index contributed by atoms with van der Waals surface area (Å²) in [5.41, 5.74) is 4.96. The monoisotopic (exact) mass is 652 g/mol. The molecule has 12 heteroatoms. The lowest BCUT2D eigenvalue weighted by Gasteiger charge is -2.37. The van der Waals surface area contributed by atoms with Crippen molar-refractivity contribution in [3.63, 3.8) is 0 Å². The van der Waals surface area contributed by atoms with Gasteiger partial charge in [-0.1, -0.05) is 6.92 Å². The van der Waals surface area contributed by atoms with Gasteiger partial charge in [-0.2, -0.15) is 0 Å². The van der Waals surface area contributed by atoms with Crippen molar-refractivity contribution in [1.82, 2.24) is 15.1 Å². The number of primary amides is 1. The van der Waals surface area contributed by atoms with Gasteiger partial charge in [0.05, 0.1) is 17.6 Å². The first-order chi connectivity index (χ1) is 19.3. The van der Waals surface area contributed by atoms with Crippen molar-refractivity contribution < 1.29 is 33.4 Å². The highest BCUT2D eigenvalue weighted by atomic mass is 79.9. The lowest BCUT2D eigenvalue weighted by molar-refractivity contribution is -0.155. The molecule has 2 aliphatic rings. The molecule has 0 bridgehead atoms. The predicted molar refractivity (Wildman–Crippen MR) is 161 cm³/mol. The number of carbonyl (C=O) groups is 4. The Morgan fingerprint density at radius 3 is 2.38 bits per heavy atom. The zero-order chi connectivity index (χ0) is 31.6. The molecule has 3 atom stereocenters. The van der Waals surface area contributed by atoms with Gasteiger partial charge in [0.1, 0.15) is 23.0 Å². The second-order valence-electron chi connectivity index (χ2n) is 13.4. The third-order valence-corrected chi connectivity index (χ3v) is 8.03. The summed E-state index contributed by atoms with van der Waals surface area (Å²) < 4.78 is 18.1. The lowest BCUT2D eigenvalue weighted by Crippen LogP contribution is -2.49. The molecule has 1 fully saturated rings. The smallest absolute Gasteiger partial charge is 0.410 e. The maximum atomic E-state index is 13.4. The number of fused-ring (bicyclic) bond motifs is 1. The molecule has 0 aromatic heterocycles. The van der Waals surface area contributed by atoms with Crippen LogP contribution in [0.4, 0.5) is 4.79 Å². The predicted octanol–water partition coefficient (Wildman–Crippen LogP) is 3.99. The summed E-state index contributed by atoms with van der Waals surface area (Å²) in [4.78, 5) is 54.2. The zero-order valence-corrected chi connectivity index (χ0v) is 27.6. The highest BCUT2D eigenvalue weighted by molar-refractivity contribution is 9.10. The first kappa shape index (κ1) is 33.6. The van der Waals surface area contributed by atoms with Crippen molar-refractivity contribution in [1.29, 1.82) is 0 Å². The third kappa shape index (κ3) is 8.37. The lowest BCUT2D eigenvalue weighted by atomic mass is 9.83. The van der Waals surface area contributed by atoms with Crippen LogP contribution in [-0.4, -0.2) is 83.2 Å². The molecule has 234 valence electrons. The van der Waals surface area contributed by atoms with Crippen LogP contribution in [0.5, 0.6) is 5.75 Å². The molecular weight excluding hydrogens is 608 g/mol. The molecule has 0 aliphatic carbocycles. The maximum Gasteiger partial charge on any atom is 0.410 e. The number of nitrogens with two attached hydrogens (primary N) is 1. The number of nitrogens with zero attached hydrogens (tertiary/aromatic N) is 2. The Labute approximate surface area is 256 Å². The van der Waals surface area contributed by atoms with E-state index < -0.39 is 34.5 Å². The molecule has 0 saturated carbocycles. The van der Waals surface area contributed by atoms with Crippen molar-refractivity contribution in [3.8, 4) is 5.75 Å². The van der Waals surface area contributed by atoms with Gasteiger partial charge in [0.2, 0.25) is 5.91 Å². The second-order valence-corrected chi connectivity index (χ2v) is 14.3. The minimum atomic E-state index is -0.991. The van der Waals surface area contributed by atoms with Gasteiger partial charge in [-0.05, 0) is 82.9 Å². The summed E-state index contributed by atoms with van der Waals surface area (Å²) in [5.74, 6) is -1.04. The summed E-state index contributed by atoms with van der Waals surface area (Å²) >= 11 is 3.57. The molecule has 3 rings (SSSR count). The van der Waals surface area contributed by atoms with E-state index in [1.807, 2.05) is 27.7 Å². The van der Waals surface area contributed by atoms with Gasteiger partial charge in [-0.25, -0.2) is 4.79 Å². The number of ether oxygens (including phenoxy) is 3. The molecule has 2 unspecified atom stereocenters. The summed E-state index contributed by atoms with van der Waals surface area (Å²) in [6, 6.07) is 2.43. The number of rotatable bonds is 8. The van der Waals surface area contributed by atoms with Gasteiger partial charge in [-0.3, -0.25) is 14.4 Å². The maximum absolute atomic E-state index is 13.4. The van der Waals surface area contributed by atoms with Crippen LogP contribution in [0, 0.1) is 5.41 Å². The number of hydrogen-bond acceptors (Lipinski definition) is 8. The number of nitrogens with one attached hydrogen (secondary N) is 1. The fraction of sp³-hybridized carbons (Fsp3) is 0.667. The molecule has 3 amide bonds. The van der Waals surface area contributed by atoms with Crippen molar-refractivity contribution in [2.45, 2.75) is 98.1 Å². The van der Waals surface area contributed by atoms with Crippen molar-refractivity contribution in [2.75, 3.05) is 26.2 Å². The van der Waals surface area contributed by atoms with E-state index in [-0.39, 0.29) is 44.0 Å². The largest absolute Gasteiger partial charge is 0.491 e. The Morgan fingerprint density at radius 1 is 1.14 bits per heavy atom. The molecule has 1 aromatic rings. The van der Waals surface area contributed by atoms with Crippen LogP contribution in [0.3, 0.4) is 0 Å². The van der Waals surface area contributed by atoms with E-state index in [1.54, 1.807) is 37.8 Å². The van der Waals surface area contributed by atoms with E-state index in [2.05, 4.69) is 28.2 Å². The molecule has 2 aliphatic heterocycles. The van der Waals surface area contributed by atoms with Crippen molar-refractivity contribution in [3.05, 3.63) is 27.7 Å². The van der Waals surface area contributed by atoms with Gasteiger partial charge >= 0.3 is 12.1 Å². The first-order valence-corrected chi connectivity index (χ1v) is 15.1. The zero-order valence-electron chi connectivity index (χ0n) is 26.0. The van der Waals surface area contributed by atoms with E-state index in [9.17, 15) is 19.2 Å². The van der Waals surface area contributed by atoms with Crippen LogP contribution < -0.4 is 15.8 Å². The molecule has 3 N–H and O–H groups in total.